The first-order valence-corrected chi connectivity index (χ1v) is 7.74. The van der Waals surface area contributed by atoms with Crippen molar-refractivity contribution in [1.82, 2.24) is 14.5 Å². The van der Waals surface area contributed by atoms with Gasteiger partial charge in [0.05, 0.1) is 12.6 Å². The van der Waals surface area contributed by atoms with E-state index in [9.17, 15) is 4.79 Å². The number of aromatic nitrogens is 2. The SMILES string of the molecule is O=C(c1ccccc1)N1Cc2nccn2CC1c1ccccc1. The number of rotatable bonds is 2. The summed E-state index contributed by atoms with van der Waals surface area (Å²) in [6.45, 7) is 1.26. The first kappa shape index (κ1) is 13.8. The minimum absolute atomic E-state index is 0.0191. The van der Waals surface area contributed by atoms with Crippen LogP contribution in [-0.4, -0.2) is 20.4 Å². The lowest BCUT2D eigenvalue weighted by molar-refractivity contribution is 0.0584. The van der Waals surface area contributed by atoms with Crippen molar-refractivity contribution in [3.63, 3.8) is 0 Å². The fraction of sp³-hybridized carbons (Fsp3) is 0.158. The molecule has 4 nitrogen and oxygen atoms in total. The number of hydrogen-bond donors (Lipinski definition) is 0. The van der Waals surface area contributed by atoms with E-state index in [2.05, 4.69) is 21.7 Å². The second-order valence-corrected chi connectivity index (χ2v) is 5.72. The van der Waals surface area contributed by atoms with E-state index in [1.165, 1.54) is 0 Å². The average Bonchev–Trinajstić information content (AvgIpc) is 3.09. The number of benzene rings is 2. The van der Waals surface area contributed by atoms with Gasteiger partial charge < -0.3 is 9.47 Å². The van der Waals surface area contributed by atoms with Crippen LogP contribution in [0.2, 0.25) is 0 Å². The zero-order chi connectivity index (χ0) is 15.6. The summed E-state index contributed by atoms with van der Waals surface area (Å²) >= 11 is 0. The molecule has 4 rings (SSSR count). The van der Waals surface area contributed by atoms with E-state index < -0.39 is 0 Å². The Labute approximate surface area is 135 Å². The van der Waals surface area contributed by atoms with Gasteiger partial charge in [-0.3, -0.25) is 4.79 Å². The summed E-state index contributed by atoms with van der Waals surface area (Å²) in [5.74, 6) is 0.982. The lowest BCUT2D eigenvalue weighted by Crippen LogP contribution is -2.41. The van der Waals surface area contributed by atoms with Crippen LogP contribution < -0.4 is 0 Å². The summed E-state index contributed by atoms with van der Waals surface area (Å²) in [5.41, 5.74) is 1.87. The number of hydrogen-bond acceptors (Lipinski definition) is 2. The third-order valence-corrected chi connectivity index (χ3v) is 4.33. The number of fused-ring (bicyclic) bond motifs is 1. The summed E-state index contributed by atoms with van der Waals surface area (Å²) in [5, 5.41) is 0. The van der Waals surface area contributed by atoms with Crippen LogP contribution in [0.3, 0.4) is 0 Å². The van der Waals surface area contributed by atoms with E-state index in [4.69, 9.17) is 0 Å². The molecule has 2 heterocycles. The average molecular weight is 303 g/mol. The molecule has 114 valence electrons. The molecule has 0 spiro atoms. The summed E-state index contributed by atoms with van der Waals surface area (Å²) in [7, 11) is 0. The molecule has 1 atom stereocenters. The molecular formula is C19H17N3O. The van der Waals surface area contributed by atoms with Crippen molar-refractivity contribution in [2.75, 3.05) is 0 Å². The molecule has 4 heteroatoms. The maximum absolute atomic E-state index is 13.0. The van der Waals surface area contributed by atoms with E-state index >= 15 is 0 Å². The lowest BCUT2D eigenvalue weighted by atomic mass is 10.0. The highest BCUT2D eigenvalue weighted by Crippen LogP contribution is 2.30. The predicted molar refractivity (Wildman–Crippen MR) is 87.7 cm³/mol. The van der Waals surface area contributed by atoms with Crippen LogP contribution in [0.25, 0.3) is 0 Å². The highest BCUT2D eigenvalue weighted by molar-refractivity contribution is 5.94. The van der Waals surface area contributed by atoms with Crippen molar-refractivity contribution in [3.8, 4) is 0 Å². The molecule has 3 aromatic rings. The maximum Gasteiger partial charge on any atom is 0.254 e. The quantitative estimate of drug-likeness (QED) is 0.728. The molecule has 23 heavy (non-hydrogen) atoms. The van der Waals surface area contributed by atoms with Gasteiger partial charge in [0.2, 0.25) is 0 Å². The van der Waals surface area contributed by atoms with Crippen LogP contribution in [-0.2, 0) is 13.1 Å². The van der Waals surface area contributed by atoms with Gasteiger partial charge in [0.25, 0.3) is 5.91 Å². The van der Waals surface area contributed by atoms with Crippen LogP contribution in [0.1, 0.15) is 27.8 Å². The van der Waals surface area contributed by atoms with Gasteiger partial charge >= 0.3 is 0 Å². The number of nitrogens with zero attached hydrogens (tertiary/aromatic N) is 3. The van der Waals surface area contributed by atoms with Crippen molar-refractivity contribution in [2.24, 2.45) is 0 Å². The first-order valence-electron chi connectivity index (χ1n) is 7.74. The molecular weight excluding hydrogens is 286 g/mol. The fourth-order valence-electron chi connectivity index (χ4n) is 3.13. The van der Waals surface area contributed by atoms with Crippen molar-refractivity contribution in [2.45, 2.75) is 19.1 Å². The minimum atomic E-state index is 0.0191. The highest BCUT2D eigenvalue weighted by atomic mass is 16.2. The maximum atomic E-state index is 13.0. The Balaban J connectivity index is 1.74. The van der Waals surface area contributed by atoms with Crippen molar-refractivity contribution >= 4 is 5.91 Å². The van der Waals surface area contributed by atoms with E-state index in [1.54, 1.807) is 6.20 Å². The molecule has 1 unspecified atom stereocenters. The molecule has 0 N–H and O–H groups in total. The van der Waals surface area contributed by atoms with Gasteiger partial charge in [-0.05, 0) is 17.7 Å². The van der Waals surface area contributed by atoms with E-state index in [0.29, 0.717) is 12.1 Å². The predicted octanol–water partition coefficient (Wildman–Crippen LogP) is 3.28. The van der Waals surface area contributed by atoms with Gasteiger partial charge in [-0.2, -0.15) is 0 Å². The third-order valence-electron chi connectivity index (χ3n) is 4.33. The summed E-state index contributed by atoms with van der Waals surface area (Å²) in [6, 6.07) is 19.7. The smallest absolute Gasteiger partial charge is 0.254 e. The highest BCUT2D eigenvalue weighted by Gasteiger charge is 2.31. The van der Waals surface area contributed by atoms with Gasteiger partial charge in [0.1, 0.15) is 5.82 Å². The second-order valence-electron chi connectivity index (χ2n) is 5.72. The van der Waals surface area contributed by atoms with E-state index in [-0.39, 0.29) is 11.9 Å². The summed E-state index contributed by atoms with van der Waals surface area (Å²) in [6.07, 6.45) is 3.78. The monoisotopic (exact) mass is 303 g/mol. The molecule has 1 amide bonds. The van der Waals surface area contributed by atoms with Crippen LogP contribution >= 0.6 is 0 Å². The standard InChI is InChI=1S/C19H17N3O/c23-19(16-9-5-2-6-10-16)22-14-18-20-11-12-21(18)13-17(22)15-7-3-1-4-8-15/h1-12,17H,13-14H2. The largest absolute Gasteiger partial charge is 0.331 e. The number of carbonyl (C=O) groups excluding carboxylic acids is 1. The Morgan fingerprint density at radius 1 is 1.00 bits per heavy atom. The van der Waals surface area contributed by atoms with Gasteiger partial charge in [-0.15, -0.1) is 0 Å². The van der Waals surface area contributed by atoms with E-state index in [1.807, 2.05) is 59.6 Å². The van der Waals surface area contributed by atoms with Crippen molar-refractivity contribution in [1.29, 1.82) is 0 Å². The normalized spacial score (nSPS) is 16.9. The lowest BCUT2D eigenvalue weighted by Gasteiger charge is -2.36. The molecule has 1 aliphatic rings. The molecule has 0 aliphatic carbocycles. The van der Waals surface area contributed by atoms with Gasteiger partial charge in [-0.25, -0.2) is 4.98 Å². The molecule has 0 saturated carbocycles. The molecule has 0 saturated heterocycles. The van der Waals surface area contributed by atoms with E-state index in [0.717, 1.165) is 17.9 Å². The van der Waals surface area contributed by atoms with Gasteiger partial charge in [0.15, 0.2) is 0 Å². The number of carbonyl (C=O) groups is 1. The zero-order valence-corrected chi connectivity index (χ0v) is 12.7. The topological polar surface area (TPSA) is 38.1 Å². The van der Waals surface area contributed by atoms with Gasteiger partial charge in [0, 0.05) is 24.5 Å². The van der Waals surface area contributed by atoms with Crippen molar-refractivity contribution < 1.29 is 4.79 Å². The molecule has 0 radical (unpaired) electrons. The molecule has 0 bridgehead atoms. The third kappa shape index (κ3) is 2.52. The molecule has 1 aliphatic heterocycles. The number of amides is 1. The Hall–Kier alpha value is -2.88. The van der Waals surface area contributed by atoms with Crippen LogP contribution in [0.15, 0.2) is 73.1 Å². The van der Waals surface area contributed by atoms with Crippen LogP contribution in [0.5, 0.6) is 0 Å². The molecule has 2 aromatic carbocycles. The Bertz CT molecular complexity index is 811. The fourth-order valence-corrected chi connectivity index (χ4v) is 3.13. The zero-order valence-electron chi connectivity index (χ0n) is 12.7. The molecule has 0 fully saturated rings. The Morgan fingerprint density at radius 2 is 1.70 bits per heavy atom. The van der Waals surface area contributed by atoms with Gasteiger partial charge in [-0.1, -0.05) is 48.5 Å². The molecule has 1 aromatic heterocycles. The Morgan fingerprint density at radius 3 is 2.43 bits per heavy atom. The minimum Gasteiger partial charge on any atom is -0.331 e. The summed E-state index contributed by atoms with van der Waals surface area (Å²) < 4.78 is 2.13. The number of imidazole rings is 1. The second kappa shape index (κ2) is 5.72. The van der Waals surface area contributed by atoms with Crippen LogP contribution in [0, 0.1) is 0 Å². The van der Waals surface area contributed by atoms with Crippen LogP contribution in [0.4, 0.5) is 0 Å². The Kier molecular flexibility index (Phi) is 3.42. The first-order chi connectivity index (χ1) is 11.3. The summed E-state index contributed by atoms with van der Waals surface area (Å²) in [4.78, 5) is 19.3. The van der Waals surface area contributed by atoms with Crippen molar-refractivity contribution in [3.05, 3.63) is 90.0 Å².